The molecule has 0 fully saturated rings. The number of ether oxygens (including phenoxy) is 1. The van der Waals surface area contributed by atoms with E-state index in [1.54, 1.807) is 0 Å². The summed E-state index contributed by atoms with van der Waals surface area (Å²) in [5.41, 5.74) is 2.22. The summed E-state index contributed by atoms with van der Waals surface area (Å²) in [7, 11) is 1.39. The average molecular weight is 224 g/mol. The summed E-state index contributed by atoms with van der Waals surface area (Å²) in [5.74, 6) is -0.243. The van der Waals surface area contributed by atoms with Crippen LogP contribution in [0.5, 0.6) is 0 Å². The van der Waals surface area contributed by atoms with E-state index in [-0.39, 0.29) is 12.4 Å². The molecule has 3 heteroatoms. The fraction of sp³-hybridized carbons (Fsp3) is 0.417. The summed E-state index contributed by atoms with van der Waals surface area (Å²) in [5, 5.41) is 0. The highest BCUT2D eigenvalue weighted by molar-refractivity contribution is 7.81. The SMILES string of the molecule is COC(=O)C[C@@](C)(S)c1ccc(C)cc1. The topological polar surface area (TPSA) is 26.3 Å². The Labute approximate surface area is 96.1 Å². The normalized spacial score (nSPS) is 14.4. The molecule has 0 saturated carbocycles. The third-order valence-corrected chi connectivity index (χ3v) is 2.81. The molecule has 0 unspecified atom stereocenters. The summed E-state index contributed by atoms with van der Waals surface area (Å²) in [6.07, 6.45) is 0.273. The maximum absolute atomic E-state index is 11.2. The number of hydrogen-bond donors (Lipinski definition) is 1. The maximum atomic E-state index is 11.2. The van der Waals surface area contributed by atoms with E-state index in [9.17, 15) is 4.79 Å². The van der Waals surface area contributed by atoms with Gasteiger partial charge in [-0.15, -0.1) is 0 Å². The first-order valence-electron chi connectivity index (χ1n) is 4.82. The van der Waals surface area contributed by atoms with E-state index in [1.807, 2.05) is 38.1 Å². The Kier molecular flexibility index (Phi) is 3.80. The van der Waals surface area contributed by atoms with E-state index < -0.39 is 4.75 Å². The molecule has 0 radical (unpaired) electrons. The van der Waals surface area contributed by atoms with Gasteiger partial charge in [0.15, 0.2) is 0 Å². The predicted molar refractivity (Wildman–Crippen MR) is 64.2 cm³/mol. The molecule has 0 aliphatic carbocycles. The van der Waals surface area contributed by atoms with Crippen LogP contribution in [0.3, 0.4) is 0 Å². The van der Waals surface area contributed by atoms with Crippen LogP contribution in [0.4, 0.5) is 0 Å². The first-order valence-corrected chi connectivity index (χ1v) is 5.27. The predicted octanol–water partition coefficient (Wildman–Crippen LogP) is 2.70. The van der Waals surface area contributed by atoms with Crippen molar-refractivity contribution in [3.8, 4) is 0 Å². The lowest BCUT2D eigenvalue weighted by atomic mass is 9.96. The highest BCUT2D eigenvalue weighted by Crippen LogP contribution is 2.32. The minimum absolute atomic E-state index is 0.243. The molecule has 1 aromatic rings. The molecule has 0 spiro atoms. The number of carbonyl (C=O) groups is 1. The second-order valence-corrected chi connectivity index (χ2v) is 4.88. The lowest BCUT2D eigenvalue weighted by Gasteiger charge is -2.22. The maximum Gasteiger partial charge on any atom is 0.307 e. The molecular formula is C12H16O2S. The molecule has 0 N–H and O–H groups in total. The van der Waals surface area contributed by atoms with E-state index in [1.165, 1.54) is 12.7 Å². The first-order chi connectivity index (χ1) is 6.95. The third-order valence-electron chi connectivity index (χ3n) is 2.39. The Morgan fingerprint density at radius 2 is 1.93 bits per heavy atom. The zero-order chi connectivity index (χ0) is 11.5. The molecule has 15 heavy (non-hydrogen) atoms. The van der Waals surface area contributed by atoms with Crippen LogP contribution in [-0.4, -0.2) is 13.1 Å². The van der Waals surface area contributed by atoms with Gasteiger partial charge in [-0.1, -0.05) is 29.8 Å². The van der Waals surface area contributed by atoms with Crippen LogP contribution in [0.1, 0.15) is 24.5 Å². The summed E-state index contributed by atoms with van der Waals surface area (Å²) in [6, 6.07) is 8.01. The number of hydrogen-bond acceptors (Lipinski definition) is 3. The van der Waals surface area contributed by atoms with Crippen molar-refractivity contribution >= 4 is 18.6 Å². The summed E-state index contributed by atoms with van der Waals surface area (Å²) < 4.78 is 4.17. The summed E-state index contributed by atoms with van der Waals surface area (Å²) in [6.45, 7) is 3.94. The average Bonchev–Trinajstić information content (AvgIpc) is 2.17. The van der Waals surface area contributed by atoms with Crippen LogP contribution >= 0.6 is 12.6 Å². The fourth-order valence-electron chi connectivity index (χ4n) is 1.37. The van der Waals surface area contributed by atoms with Crippen molar-refractivity contribution in [2.75, 3.05) is 7.11 Å². The largest absolute Gasteiger partial charge is 0.469 e. The molecule has 0 heterocycles. The molecule has 1 atom stereocenters. The van der Waals surface area contributed by atoms with Gasteiger partial charge in [-0.25, -0.2) is 0 Å². The number of methoxy groups -OCH3 is 1. The van der Waals surface area contributed by atoms with Gasteiger partial charge in [0.2, 0.25) is 0 Å². The first kappa shape index (κ1) is 12.1. The van der Waals surface area contributed by atoms with Gasteiger partial charge in [0.05, 0.1) is 13.5 Å². The van der Waals surface area contributed by atoms with Gasteiger partial charge in [0, 0.05) is 4.75 Å². The molecule has 0 amide bonds. The number of carbonyl (C=O) groups excluding carboxylic acids is 1. The van der Waals surface area contributed by atoms with Crippen LogP contribution in [0.15, 0.2) is 24.3 Å². The molecule has 0 aromatic heterocycles. The minimum Gasteiger partial charge on any atom is -0.469 e. The van der Waals surface area contributed by atoms with Crippen LogP contribution in [0.25, 0.3) is 0 Å². The lowest BCUT2D eigenvalue weighted by Crippen LogP contribution is -2.20. The molecule has 0 bridgehead atoms. The van der Waals surface area contributed by atoms with Gasteiger partial charge in [0.25, 0.3) is 0 Å². The molecular weight excluding hydrogens is 208 g/mol. The van der Waals surface area contributed by atoms with Crippen molar-refractivity contribution in [2.45, 2.75) is 25.0 Å². The van der Waals surface area contributed by atoms with E-state index in [0.717, 1.165) is 5.56 Å². The number of esters is 1. The molecule has 0 saturated heterocycles. The van der Waals surface area contributed by atoms with Crippen molar-refractivity contribution in [3.63, 3.8) is 0 Å². The van der Waals surface area contributed by atoms with Crippen molar-refractivity contribution in [2.24, 2.45) is 0 Å². The standard InChI is InChI=1S/C12H16O2S/c1-9-4-6-10(7-5-9)12(2,15)8-11(13)14-3/h4-7,15H,8H2,1-3H3/t12-/m1/s1. The Morgan fingerprint density at radius 1 is 1.40 bits per heavy atom. The minimum atomic E-state index is -0.471. The molecule has 1 rings (SSSR count). The van der Waals surface area contributed by atoms with Gasteiger partial charge in [-0.2, -0.15) is 12.6 Å². The van der Waals surface area contributed by atoms with E-state index in [0.29, 0.717) is 0 Å². The van der Waals surface area contributed by atoms with Gasteiger partial charge in [-0.05, 0) is 19.4 Å². The van der Waals surface area contributed by atoms with E-state index in [4.69, 9.17) is 0 Å². The Morgan fingerprint density at radius 3 is 2.40 bits per heavy atom. The second-order valence-electron chi connectivity index (χ2n) is 3.89. The molecule has 1 aromatic carbocycles. The van der Waals surface area contributed by atoms with Crippen LogP contribution in [0.2, 0.25) is 0 Å². The molecule has 0 aliphatic rings. The van der Waals surface area contributed by atoms with Crippen LogP contribution in [0, 0.1) is 6.92 Å². The lowest BCUT2D eigenvalue weighted by molar-refractivity contribution is -0.141. The monoisotopic (exact) mass is 224 g/mol. The Hall–Kier alpha value is -0.960. The van der Waals surface area contributed by atoms with Crippen molar-refractivity contribution < 1.29 is 9.53 Å². The number of rotatable bonds is 3. The van der Waals surface area contributed by atoms with Gasteiger partial charge < -0.3 is 4.74 Å². The second kappa shape index (κ2) is 4.71. The Bertz CT molecular complexity index is 341. The highest BCUT2D eigenvalue weighted by atomic mass is 32.1. The number of aryl methyl sites for hydroxylation is 1. The van der Waals surface area contributed by atoms with Gasteiger partial charge in [0.1, 0.15) is 0 Å². The van der Waals surface area contributed by atoms with Crippen molar-refractivity contribution in [3.05, 3.63) is 35.4 Å². The van der Waals surface area contributed by atoms with Gasteiger partial charge >= 0.3 is 5.97 Å². The Balaban J connectivity index is 2.85. The van der Waals surface area contributed by atoms with Gasteiger partial charge in [-0.3, -0.25) is 4.79 Å². The fourth-order valence-corrected chi connectivity index (χ4v) is 1.65. The highest BCUT2D eigenvalue weighted by Gasteiger charge is 2.25. The van der Waals surface area contributed by atoms with E-state index in [2.05, 4.69) is 17.4 Å². The summed E-state index contributed by atoms with van der Waals surface area (Å²) in [4.78, 5) is 11.2. The van der Waals surface area contributed by atoms with Crippen molar-refractivity contribution in [1.82, 2.24) is 0 Å². The van der Waals surface area contributed by atoms with Crippen molar-refractivity contribution in [1.29, 1.82) is 0 Å². The van der Waals surface area contributed by atoms with E-state index >= 15 is 0 Å². The molecule has 0 aliphatic heterocycles. The smallest absolute Gasteiger partial charge is 0.307 e. The molecule has 2 nitrogen and oxygen atoms in total. The quantitative estimate of drug-likeness (QED) is 0.631. The van der Waals surface area contributed by atoms with Crippen LogP contribution < -0.4 is 0 Å². The zero-order valence-corrected chi connectivity index (χ0v) is 10.2. The third kappa shape index (κ3) is 3.27. The molecule has 82 valence electrons. The summed E-state index contributed by atoms with van der Waals surface area (Å²) >= 11 is 4.50. The number of benzene rings is 1. The van der Waals surface area contributed by atoms with Crippen LogP contribution in [-0.2, 0) is 14.3 Å². The zero-order valence-electron chi connectivity index (χ0n) is 9.28. The number of thiol groups is 1.